The second-order valence-corrected chi connectivity index (χ2v) is 7.30. The van der Waals surface area contributed by atoms with Gasteiger partial charge in [-0.25, -0.2) is 4.98 Å². The number of amides is 1. The third kappa shape index (κ3) is 4.12. The van der Waals surface area contributed by atoms with Gasteiger partial charge in [0.05, 0.1) is 11.9 Å². The van der Waals surface area contributed by atoms with Crippen LogP contribution >= 0.6 is 11.3 Å². The Labute approximate surface area is 171 Å². The summed E-state index contributed by atoms with van der Waals surface area (Å²) < 4.78 is 1.42. The van der Waals surface area contributed by atoms with Crippen molar-refractivity contribution in [2.45, 2.75) is 13.5 Å². The van der Waals surface area contributed by atoms with Crippen LogP contribution in [-0.4, -0.2) is 31.7 Å². The Morgan fingerprint density at radius 2 is 1.72 bits per heavy atom. The fourth-order valence-corrected chi connectivity index (χ4v) is 3.65. The second-order valence-electron chi connectivity index (χ2n) is 6.32. The number of ketones is 1. The fraction of sp³-hybridized carbons (Fsp3) is 0.0952. The van der Waals surface area contributed by atoms with Gasteiger partial charge in [-0.3, -0.25) is 9.59 Å². The molecule has 144 valence electrons. The molecule has 4 rings (SSSR count). The highest BCUT2D eigenvalue weighted by Crippen LogP contribution is 2.21. The normalized spacial score (nSPS) is 10.7. The number of carbonyl (C=O) groups excluding carboxylic acids is 2. The maximum Gasteiger partial charge on any atom is 0.263 e. The summed E-state index contributed by atoms with van der Waals surface area (Å²) in [5.41, 5.74) is 2.38. The van der Waals surface area contributed by atoms with Crippen molar-refractivity contribution >= 4 is 23.0 Å². The highest BCUT2D eigenvalue weighted by molar-refractivity contribution is 7.16. The predicted molar refractivity (Wildman–Crippen MR) is 109 cm³/mol. The van der Waals surface area contributed by atoms with E-state index in [-0.39, 0.29) is 17.4 Å². The lowest BCUT2D eigenvalue weighted by molar-refractivity contribution is 0.0953. The molecule has 0 unspecified atom stereocenters. The van der Waals surface area contributed by atoms with E-state index in [0.717, 1.165) is 5.56 Å². The molecule has 0 aliphatic heterocycles. The first-order chi connectivity index (χ1) is 14.1. The van der Waals surface area contributed by atoms with Gasteiger partial charge in [-0.2, -0.15) is 4.68 Å². The number of hydrogen-bond donors (Lipinski definition) is 1. The standard InChI is InChI=1S/C21H17N5O2S/c1-14-19(20(28)22-12-15-8-4-2-5-9-15)29-21(23-14)26-13-17(24-25-26)18(27)16-10-6-3-7-11-16/h2-11,13H,12H2,1H3,(H,22,28). The van der Waals surface area contributed by atoms with E-state index in [1.54, 1.807) is 31.2 Å². The molecule has 8 heteroatoms. The van der Waals surface area contributed by atoms with E-state index >= 15 is 0 Å². The van der Waals surface area contributed by atoms with Crippen LogP contribution in [0.3, 0.4) is 0 Å². The maximum atomic E-state index is 12.5. The van der Waals surface area contributed by atoms with Gasteiger partial charge in [0.2, 0.25) is 10.9 Å². The van der Waals surface area contributed by atoms with Crippen LogP contribution in [0.4, 0.5) is 0 Å². The van der Waals surface area contributed by atoms with Gasteiger partial charge in [0.1, 0.15) is 4.88 Å². The molecular weight excluding hydrogens is 386 g/mol. The van der Waals surface area contributed by atoms with Crippen molar-refractivity contribution in [2.75, 3.05) is 0 Å². The minimum absolute atomic E-state index is 0.198. The molecule has 0 radical (unpaired) electrons. The number of thiazole rings is 1. The van der Waals surface area contributed by atoms with Gasteiger partial charge in [0.15, 0.2) is 5.69 Å². The van der Waals surface area contributed by atoms with E-state index in [2.05, 4.69) is 20.6 Å². The van der Waals surface area contributed by atoms with Crippen LogP contribution < -0.4 is 5.32 Å². The molecule has 2 heterocycles. The summed E-state index contributed by atoms with van der Waals surface area (Å²) in [4.78, 5) is 29.9. The number of aryl methyl sites for hydroxylation is 1. The van der Waals surface area contributed by atoms with Crippen molar-refractivity contribution < 1.29 is 9.59 Å². The number of benzene rings is 2. The van der Waals surface area contributed by atoms with E-state index < -0.39 is 0 Å². The first-order valence-electron chi connectivity index (χ1n) is 8.94. The van der Waals surface area contributed by atoms with Crippen LogP contribution in [-0.2, 0) is 6.54 Å². The van der Waals surface area contributed by atoms with E-state index in [1.165, 1.54) is 22.2 Å². The van der Waals surface area contributed by atoms with Gasteiger partial charge in [0.25, 0.3) is 5.91 Å². The molecule has 0 saturated carbocycles. The average molecular weight is 403 g/mol. The second kappa shape index (κ2) is 8.15. The van der Waals surface area contributed by atoms with Gasteiger partial charge in [0, 0.05) is 12.1 Å². The van der Waals surface area contributed by atoms with Gasteiger partial charge >= 0.3 is 0 Å². The van der Waals surface area contributed by atoms with Crippen LogP contribution in [0.2, 0.25) is 0 Å². The molecule has 0 spiro atoms. The third-order valence-electron chi connectivity index (χ3n) is 4.25. The van der Waals surface area contributed by atoms with Crippen molar-refractivity contribution in [1.82, 2.24) is 25.3 Å². The number of carbonyl (C=O) groups is 2. The summed E-state index contributed by atoms with van der Waals surface area (Å²) in [5.74, 6) is -0.415. The molecule has 7 nitrogen and oxygen atoms in total. The molecule has 0 atom stereocenters. The predicted octanol–water partition coefficient (Wildman–Crippen LogP) is 3.19. The van der Waals surface area contributed by atoms with Gasteiger partial charge in [-0.1, -0.05) is 77.2 Å². The SMILES string of the molecule is Cc1nc(-n2cc(C(=O)c3ccccc3)nn2)sc1C(=O)NCc1ccccc1. The van der Waals surface area contributed by atoms with E-state index in [0.29, 0.717) is 27.8 Å². The monoisotopic (exact) mass is 403 g/mol. The minimum atomic E-state index is -0.217. The van der Waals surface area contributed by atoms with E-state index in [1.807, 2.05) is 36.4 Å². The summed E-state index contributed by atoms with van der Waals surface area (Å²) >= 11 is 1.20. The molecule has 0 aliphatic rings. The molecule has 1 amide bonds. The van der Waals surface area contributed by atoms with E-state index in [9.17, 15) is 9.59 Å². The zero-order valence-electron chi connectivity index (χ0n) is 15.6. The third-order valence-corrected chi connectivity index (χ3v) is 5.39. The molecule has 2 aromatic heterocycles. The van der Waals surface area contributed by atoms with Crippen LogP contribution in [0.15, 0.2) is 66.9 Å². The van der Waals surface area contributed by atoms with Crippen LogP contribution in [0, 0.1) is 6.92 Å². The molecule has 4 aromatic rings. The number of aromatic nitrogens is 4. The zero-order chi connectivity index (χ0) is 20.2. The first-order valence-corrected chi connectivity index (χ1v) is 9.75. The number of hydrogen-bond acceptors (Lipinski definition) is 6. The number of rotatable bonds is 6. The molecule has 0 aliphatic carbocycles. The van der Waals surface area contributed by atoms with Crippen molar-refractivity contribution in [2.24, 2.45) is 0 Å². The Morgan fingerprint density at radius 1 is 1.03 bits per heavy atom. The largest absolute Gasteiger partial charge is 0.347 e. The van der Waals surface area contributed by atoms with Crippen LogP contribution in [0.5, 0.6) is 0 Å². The zero-order valence-corrected chi connectivity index (χ0v) is 16.4. The van der Waals surface area contributed by atoms with Crippen molar-refractivity contribution in [3.63, 3.8) is 0 Å². The number of nitrogens with zero attached hydrogens (tertiary/aromatic N) is 4. The Morgan fingerprint density at radius 3 is 2.45 bits per heavy atom. The summed E-state index contributed by atoms with van der Waals surface area (Å²) in [7, 11) is 0. The molecule has 2 aromatic carbocycles. The summed E-state index contributed by atoms with van der Waals surface area (Å²) in [6.45, 7) is 2.20. The smallest absolute Gasteiger partial charge is 0.263 e. The summed E-state index contributed by atoms with van der Waals surface area (Å²) in [6, 6.07) is 18.6. The van der Waals surface area contributed by atoms with Gasteiger partial charge < -0.3 is 5.32 Å². The Kier molecular flexibility index (Phi) is 5.26. The van der Waals surface area contributed by atoms with Crippen molar-refractivity contribution in [3.05, 3.63) is 94.3 Å². The number of nitrogens with one attached hydrogen (secondary N) is 1. The van der Waals surface area contributed by atoms with Crippen LogP contribution in [0.25, 0.3) is 5.13 Å². The van der Waals surface area contributed by atoms with E-state index in [4.69, 9.17) is 0 Å². The molecule has 0 fully saturated rings. The fourth-order valence-electron chi connectivity index (χ4n) is 2.75. The topological polar surface area (TPSA) is 89.8 Å². The summed E-state index contributed by atoms with van der Waals surface area (Å²) in [6.07, 6.45) is 1.53. The first kappa shape index (κ1) is 18.7. The molecular formula is C21H17N5O2S. The molecule has 1 N–H and O–H groups in total. The van der Waals surface area contributed by atoms with Crippen LogP contribution in [0.1, 0.15) is 37.0 Å². The molecule has 29 heavy (non-hydrogen) atoms. The Bertz CT molecular complexity index is 1150. The highest BCUT2D eigenvalue weighted by Gasteiger charge is 2.19. The quantitative estimate of drug-likeness (QED) is 0.500. The highest BCUT2D eigenvalue weighted by atomic mass is 32.1. The maximum absolute atomic E-state index is 12.5. The minimum Gasteiger partial charge on any atom is -0.347 e. The Balaban J connectivity index is 1.50. The lowest BCUT2D eigenvalue weighted by atomic mass is 10.1. The molecule has 0 bridgehead atoms. The summed E-state index contributed by atoms with van der Waals surface area (Å²) in [5, 5.41) is 11.3. The van der Waals surface area contributed by atoms with Crippen molar-refractivity contribution in [1.29, 1.82) is 0 Å². The van der Waals surface area contributed by atoms with Gasteiger partial charge in [-0.05, 0) is 12.5 Å². The lowest BCUT2D eigenvalue weighted by Gasteiger charge is -2.03. The van der Waals surface area contributed by atoms with Gasteiger partial charge in [-0.15, -0.1) is 5.10 Å². The van der Waals surface area contributed by atoms with Crippen molar-refractivity contribution in [3.8, 4) is 5.13 Å². The Hall–Kier alpha value is -3.65. The lowest BCUT2D eigenvalue weighted by Crippen LogP contribution is -2.22. The molecule has 0 saturated heterocycles. The average Bonchev–Trinajstić information content (AvgIpc) is 3.40.